The molecule has 3 aromatic heterocycles. The Morgan fingerprint density at radius 2 is 1.89 bits per heavy atom. The molecule has 0 saturated carbocycles. The molecule has 202 valence electrons. The van der Waals surface area contributed by atoms with Crippen LogP contribution in [0.4, 0.5) is 4.39 Å². The van der Waals surface area contributed by atoms with Gasteiger partial charge in [0.25, 0.3) is 5.56 Å². The van der Waals surface area contributed by atoms with Gasteiger partial charge in [0.15, 0.2) is 0 Å². The van der Waals surface area contributed by atoms with Gasteiger partial charge in [-0.05, 0) is 43.5 Å². The molecule has 1 aliphatic rings. The maximum atomic E-state index is 13.9. The number of ether oxygens (including phenoxy) is 1. The average molecular weight is 547 g/mol. The van der Waals surface area contributed by atoms with E-state index >= 15 is 0 Å². The lowest BCUT2D eigenvalue weighted by Crippen LogP contribution is -2.44. The zero-order valence-corrected chi connectivity index (χ0v) is 21.6. The van der Waals surface area contributed by atoms with Crippen LogP contribution in [-0.4, -0.2) is 67.1 Å². The van der Waals surface area contributed by atoms with E-state index in [1.54, 1.807) is 6.92 Å². The molecule has 0 aliphatic carbocycles. The van der Waals surface area contributed by atoms with Crippen molar-refractivity contribution in [2.24, 2.45) is 0 Å². The van der Waals surface area contributed by atoms with Crippen LogP contribution in [0.1, 0.15) is 23.6 Å². The molecule has 0 radical (unpaired) electrons. The number of carbonyl (C=O) groups is 1. The first kappa shape index (κ1) is 27.2. The second kappa shape index (κ2) is 11.7. The number of aryl methyl sites for hydroxylation is 3. The van der Waals surface area contributed by atoms with E-state index in [9.17, 15) is 18.8 Å². The van der Waals surface area contributed by atoms with Gasteiger partial charge in [0, 0.05) is 18.7 Å². The number of hydrogen-bond donors (Lipinski definition) is 3. The van der Waals surface area contributed by atoms with Crippen LogP contribution >= 0.6 is 11.3 Å². The number of halogens is 1. The molecule has 1 unspecified atom stereocenters. The minimum atomic E-state index is -0.884. The average Bonchev–Trinajstić information content (AvgIpc) is 3.65. The molecule has 0 bridgehead atoms. The minimum Gasteiger partial charge on any atom is -0.496 e. The summed E-state index contributed by atoms with van der Waals surface area (Å²) >= 11 is 1.22. The molecule has 1 saturated heterocycles. The van der Waals surface area contributed by atoms with Crippen molar-refractivity contribution >= 4 is 27.5 Å². The van der Waals surface area contributed by atoms with Gasteiger partial charge in [-0.1, -0.05) is 11.3 Å². The number of nitrogens with one attached hydrogen (secondary N) is 1. The fourth-order valence-electron chi connectivity index (χ4n) is 4.34. The summed E-state index contributed by atoms with van der Waals surface area (Å²) in [5.41, 5.74) is 0.0940. The first-order chi connectivity index (χ1) is 18.3. The summed E-state index contributed by atoms with van der Waals surface area (Å²) in [7, 11) is 1.49. The number of thiophene rings is 1. The number of benzene rings is 1. The molecule has 1 aromatic carbocycles. The quantitative estimate of drug-likeness (QED) is 0.304. The Bertz CT molecular complexity index is 1560. The third kappa shape index (κ3) is 5.10. The highest BCUT2D eigenvalue weighted by Gasteiger charge is 2.31. The molecule has 14 heteroatoms. The van der Waals surface area contributed by atoms with Gasteiger partial charge in [-0.15, -0.1) is 4.80 Å². The summed E-state index contributed by atoms with van der Waals surface area (Å²) < 4.78 is 21.7. The van der Waals surface area contributed by atoms with E-state index in [-0.39, 0.29) is 32.1 Å². The van der Waals surface area contributed by atoms with Crippen LogP contribution < -0.4 is 21.3 Å². The lowest BCUT2D eigenvalue weighted by atomic mass is 10.1. The van der Waals surface area contributed by atoms with Crippen molar-refractivity contribution in [1.82, 2.24) is 29.4 Å². The van der Waals surface area contributed by atoms with Gasteiger partial charge in [-0.2, -0.15) is 10.2 Å². The van der Waals surface area contributed by atoms with Crippen LogP contribution in [0.15, 0.2) is 40.2 Å². The third-order valence-corrected chi connectivity index (χ3v) is 7.38. The fourth-order valence-corrected chi connectivity index (χ4v) is 5.57. The zero-order chi connectivity index (χ0) is 27.4. The first-order valence-corrected chi connectivity index (χ1v) is 12.6. The van der Waals surface area contributed by atoms with Gasteiger partial charge in [0.2, 0.25) is 5.91 Å². The highest BCUT2D eigenvalue weighted by atomic mass is 32.1. The molecule has 1 aliphatic heterocycles. The van der Waals surface area contributed by atoms with Gasteiger partial charge in [0.05, 0.1) is 38.1 Å². The Balaban J connectivity index is 0.000000786. The molecular weight excluding hydrogens is 519 g/mol. The fraction of sp³-hybridized carbons (Fsp3) is 0.375. The minimum absolute atomic E-state index is 0.125. The van der Waals surface area contributed by atoms with E-state index in [2.05, 4.69) is 15.5 Å². The molecule has 12 nitrogen and oxygen atoms in total. The van der Waals surface area contributed by atoms with E-state index in [1.807, 2.05) is 0 Å². The normalized spacial score (nSPS) is 14.9. The summed E-state index contributed by atoms with van der Waals surface area (Å²) in [5, 5.41) is 27.2. The standard InChI is InChI=1S/C22H21FN6O4S.C2H6O2/c1-12-17-19(31)28(15-5-7-24-18(15)30)22(32)27(21(17)34-20(12)29-25-8-9-26-29)10-6-13-11-14(23)3-4-16(13)33-2;3-1-2-4/h3-4,8-9,11,15H,5-7,10H2,1-2H3,(H,24,30);3-4H,1-2H2. The Morgan fingerprint density at radius 3 is 2.50 bits per heavy atom. The molecule has 0 spiro atoms. The highest BCUT2D eigenvalue weighted by molar-refractivity contribution is 7.21. The van der Waals surface area contributed by atoms with Crippen LogP contribution in [0.3, 0.4) is 0 Å². The number of aromatic nitrogens is 5. The molecule has 3 N–H and O–H groups in total. The smallest absolute Gasteiger partial charge is 0.332 e. The summed E-state index contributed by atoms with van der Waals surface area (Å²) in [4.78, 5) is 41.4. The summed E-state index contributed by atoms with van der Waals surface area (Å²) in [6.45, 7) is 2.05. The van der Waals surface area contributed by atoms with E-state index in [4.69, 9.17) is 14.9 Å². The predicted octanol–water partition coefficient (Wildman–Crippen LogP) is 0.536. The van der Waals surface area contributed by atoms with E-state index in [0.717, 1.165) is 4.57 Å². The summed E-state index contributed by atoms with van der Waals surface area (Å²) in [5.74, 6) is -0.281. The number of fused-ring (bicyclic) bond motifs is 1. The van der Waals surface area contributed by atoms with Crippen LogP contribution in [0, 0.1) is 12.7 Å². The van der Waals surface area contributed by atoms with Crippen molar-refractivity contribution in [3.05, 3.63) is 68.4 Å². The lowest BCUT2D eigenvalue weighted by molar-refractivity contribution is -0.122. The molecule has 1 atom stereocenters. The number of aliphatic hydroxyl groups is 2. The Kier molecular flexibility index (Phi) is 8.34. The van der Waals surface area contributed by atoms with Gasteiger partial charge in [-0.25, -0.2) is 13.8 Å². The predicted molar refractivity (Wildman–Crippen MR) is 137 cm³/mol. The number of rotatable bonds is 7. The van der Waals surface area contributed by atoms with Crippen LogP contribution in [-0.2, 0) is 17.8 Å². The van der Waals surface area contributed by atoms with Crippen molar-refractivity contribution in [2.45, 2.75) is 32.4 Å². The number of nitrogens with zero attached hydrogens (tertiary/aromatic N) is 5. The van der Waals surface area contributed by atoms with Gasteiger partial charge in [-0.3, -0.25) is 14.2 Å². The molecule has 1 amide bonds. The Morgan fingerprint density at radius 1 is 1.18 bits per heavy atom. The Labute approximate surface area is 219 Å². The van der Waals surface area contributed by atoms with Crippen LogP contribution in [0.2, 0.25) is 0 Å². The zero-order valence-electron chi connectivity index (χ0n) is 20.8. The summed E-state index contributed by atoms with van der Waals surface area (Å²) in [6, 6.07) is 3.31. The molecule has 5 rings (SSSR count). The van der Waals surface area contributed by atoms with E-state index < -0.39 is 23.1 Å². The van der Waals surface area contributed by atoms with Crippen molar-refractivity contribution in [2.75, 3.05) is 26.9 Å². The van der Waals surface area contributed by atoms with Gasteiger partial charge < -0.3 is 20.3 Å². The number of aliphatic hydroxyl groups excluding tert-OH is 2. The van der Waals surface area contributed by atoms with Crippen LogP contribution in [0.5, 0.6) is 5.75 Å². The number of hydrogen-bond acceptors (Lipinski definition) is 9. The second-order valence-electron chi connectivity index (χ2n) is 8.39. The molecule has 4 heterocycles. The molecular formula is C24H27FN6O6S. The monoisotopic (exact) mass is 546 g/mol. The highest BCUT2D eigenvalue weighted by Crippen LogP contribution is 2.31. The van der Waals surface area contributed by atoms with Gasteiger partial charge in [0.1, 0.15) is 27.4 Å². The number of amides is 1. The molecule has 1 fully saturated rings. The van der Waals surface area contributed by atoms with Crippen molar-refractivity contribution in [1.29, 1.82) is 0 Å². The summed E-state index contributed by atoms with van der Waals surface area (Å²) in [6.07, 6.45) is 3.66. The van der Waals surface area contributed by atoms with E-state index in [1.165, 1.54) is 58.4 Å². The Hall–Kier alpha value is -3.88. The lowest BCUT2D eigenvalue weighted by Gasteiger charge is -2.16. The number of methoxy groups -OCH3 is 1. The molecule has 38 heavy (non-hydrogen) atoms. The molecule has 4 aromatic rings. The van der Waals surface area contributed by atoms with Crippen LogP contribution in [0.25, 0.3) is 15.2 Å². The SMILES string of the molecule is COc1ccc(F)cc1CCn1c(=O)n(C2CCNC2=O)c(=O)c2c(C)c(-n3nccn3)sc21.OCCO. The van der Waals surface area contributed by atoms with Crippen molar-refractivity contribution in [3.63, 3.8) is 0 Å². The van der Waals surface area contributed by atoms with E-state index in [0.29, 0.717) is 45.1 Å². The largest absolute Gasteiger partial charge is 0.496 e. The van der Waals surface area contributed by atoms with Crippen molar-refractivity contribution < 1.29 is 24.1 Å². The maximum absolute atomic E-state index is 13.9. The second-order valence-corrected chi connectivity index (χ2v) is 9.37. The maximum Gasteiger partial charge on any atom is 0.332 e. The first-order valence-electron chi connectivity index (χ1n) is 11.8. The van der Waals surface area contributed by atoms with Crippen molar-refractivity contribution in [3.8, 4) is 10.8 Å². The van der Waals surface area contributed by atoms with Gasteiger partial charge >= 0.3 is 5.69 Å². The third-order valence-electron chi connectivity index (χ3n) is 6.10. The number of carbonyl (C=O) groups excluding carboxylic acids is 1. The topological polar surface area (TPSA) is 153 Å².